The Kier molecular flexibility index (Phi) is 7.79. The quantitative estimate of drug-likeness (QED) is 0.535. The number of pyridine rings is 1. The molecule has 0 radical (unpaired) electrons. The molecule has 0 saturated heterocycles. The van der Waals surface area contributed by atoms with Crippen LogP contribution in [-0.4, -0.2) is 36.5 Å². The summed E-state index contributed by atoms with van der Waals surface area (Å²) >= 11 is 1.62. The third-order valence-electron chi connectivity index (χ3n) is 7.33. The molecule has 0 spiro atoms. The molecule has 1 fully saturated rings. The Bertz CT molecular complexity index is 1100. The molecule has 34 heavy (non-hydrogen) atoms. The first-order valence-electron chi connectivity index (χ1n) is 12.5. The minimum Gasteiger partial charge on any atom is -0.346 e. The van der Waals surface area contributed by atoms with Gasteiger partial charge in [-0.3, -0.25) is 14.7 Å². The highest BCUT2D eigenvalue weighted by atomic mass is 32.2. The second-order valence-electron chi connectivity index (χ2n) is 10.3. The molecule has 186 valence electrons. The van der Waals surface area contributed by atoms with Crippen molar-refractivity contribution in [3.05, 3.63) is 45.4 Å². The van der Waals surface area contributed by atoms with Crippen LogP contribution in [-0.2, 0) is 22.9 Å². The van der Waals surface area contributed by atoms with Gasteiger partial charge in [-0.15, -0.1) is 11.3 Å². The van der Waals surface area contributed by atoms with Crippen molar-refractivity contribution in [2.75, 3.05) is 12.3 Å². The summed E-state index contributed by atoms with van der Waals surface area (Å²) in [6.45, 7) is 10.9. The number of rotatable bonds is 8. The molecule has 2 aromatic heterocycles. The van der Waals surface area contributed by atoms with Crippen LogP contribution in [0.15, 0.2) is 29.3 Å². The zero-order chi connectivity index (χ0) is 24.5. The van der Waals surface area contributed by atoms with Crippen LogP contribution in [0, 0.1) is 17.8 Å². The minimum absolute atomic E-state index is 0.0441. The van der Waals surface area contributed by atoms with Gasteiger partial charge in [0.05, 0.1) is 27.8 Å². The Morgan fingerprint density at radius 2 is 1.97 bits per heavy atom. The summed E-state index contributed by atoms with van der Waals surface area (Å²) < 4.78 is 23.9. The number of nitrogens with one attached hydrogen (secondary N) is 1. The Balaban J connectivity index is 1.38. The van der Waals surface area contributed by atoms with Gasteiger partial charge < -0.3 is 5.32 Å². The Hall–Kier alpha value is -1.77. The number of aromatic nitrogens is 1. The Morgan fingerprint density at radius 1 is 1.24 bits per heavy atom. The van der Waals surface area contributed by atoms with Gasteiger partial charge in [-0.1, -0.05) is 40.5 Å². The van der Waals surface area contributed by atoms with Crippen molar-refractivity contribution in [3.8, 4) is 0 Å². The van der Waals surface area contributed by atoms with Crippen molar-refractivity contribution in [2.24, 2.45) is 17.8 Å². The average molecular weight is 504 g/mol. The second-order valence-corrected chi connectivity index (χ2v) is 13.7. The van der Waals surface area contributed by atoms with Crippen LogP contribution in [0.3, 0.4) is 0 Å². The number of amides is 1. The molecule has 1 amide bonds. The molecule has 2 aliphatic rings. The van der Waals surface area contributed by atoms with Crippen molar-refractivity contribution in [2.45, 2.75) is 77.4 Å². The second kappa shape index (κ2) is 10.5. The van der Waals surface area contributed by atoms with Crippen LogP contribution in [0.5, 0.6) is 0 Å². The number of fused-ring (bicyclic) bond motifs is 1. The summed E-state index contributed by atoms with van der Waals surface area (Å²) in [5.74, 6) is 2.11. The first-order valence-corrected chi connectivity index (χ1v) is 15.0. The number of sulfone groups is 1. The number of carbonyl (C=O) groups is 1. The number of thiophene rings is 1. The van der Waals surface area contributed by atoms with Gasteiger partial charge >= 0.3 is 0 Å². The molecule has 4 rings (SSSR count). The molecule has 3 heterocycles. The van der Waals surface area contributed by atoms with Crippen LogP contribution in [0.4, 0.5) is 0 Å². The van der Waals surface area contributed by atoms with Gasteiger partial charge in [0, 0.05) is 30.2 Å². The van der Waals surface area contributed by atoms with Crippen molar-refractivity contribution < 1.29 is 13.2 Å². The van der Waals surface area contributed by atoms with Gasteiger partial charge in [0.2, 0.25) is 0 Å². The predicted molar refractivity (Wildman–Crippen MR) is 137 cm³/mol. The van der Waals surface area contributed by atoms with E-state index >= 15 is 0 Å². The highest BCUT2D eigenvalue weighted by Crippen LogP contribution is 2.44. The first kappa shape index (κ1) is 25.3. The third-order valence-corrected chi connectivity index (χ3v) is 10.3. The first-order chi connectivity index (χ1) is 16.2. The summed E-state index contributed by atoms with van der Waals surface area (Å²) in [6, 6.07) is 5.67. The molecule has 0 bridgehead atoms. The van der Waals surface area contributed by atoms with E-state index in [-0.39, 0.29) is 23.1 Å². The predicted octanol–water partition coefficient (Wildman–Crippen LogP) is 5.21. The Labute approximate surface area is 208 Å². The SMILES string of the molecule is CCS(=O)(=O)c1ccc(CNC(=O)c2cc3c(s2)C(C(C)C)N(CC2CCC(C)CC2)C3)nc1. The van der Waals surface area contributed by atoms with Crippen LogP contribution in [0.25, 0.3) is 0 Å². The lowest BCUT2D eigenvalue weighted by molar-refractivity contribution is 0.0954. The lowest BCUT2D eigenvalue weighted by atomic mass is 9.82. The zero-order valence-electron chi connectivity index (χ0n) is 20.7. The van der Waals surface area contributed by atoms with E-state index in [9.17, 15) is 13.2 Å². The summed E-state index contributed by atoms with van der Waals surface area (Å²) in [7, 11) is -3.27. The van der Waals surface area contributed by atoms with Gasteiger partial charge in [0.1, 0.15) is 0 Å². The summed E-state index contributed by atoms with van der Waals surface area (Å²) in [4.78, 5) is 22.0. The van der Waals surface area contributed by atoms with Crippen molar-refractivity contribution in [1.82, 2.24) is 15.2 Å². The lowest BCUT2D eigenvalue weighted by Gasteiger charge is -2.34. The van der Waals surface area contributed by atoms with E-state index in [1.165, 1.54) is 42.3 Å². The average Bonchev–Trinajstić information content (AvgIpc) is 3.36. The van der Waals surface area contributed by atoms with Gasteiger partial charge in [-0.2, -0.15) is 0 Å². The van der Waals surface area contributed by atoms with Crippen molar-refractivity contribution >= 4 is 27.1 Å². The van der Waals surface area contributed by atoms with Gasteiger partial charge in [-0.25, -0.2) is 8.42 Å². The van der Waals surface area contributed by atoms with E-state index < -0.39 is 9.84 Å². The smallest absolute Gasteiger partial charge is 0.261 e. The van der Waals surface area contributed by atoms with E-state index in [1.54, 1.807) is 30.4 Å². The molecule has 2 aromatic rings. The van der Waals surface area contributed by atoms with Gasteiger partial charge in [-0.05, 0) is 54.4 Å². The van der Waals surface area contributed by atoms with Crippen LogP contribution in [0.1, 0.15) is 85.2 Å². The summed E-state index contributed by atoms with van der Waals surface area (Å²) in [5.41, 5.74) is 1.94. The number of hydrogen-bond donors (Lipinski definition) is 1. The fourth-order valence-corrected chi connectivity index (χ4v) is 7.50. The molecule has 0 aromatic carbocycles. The van der Waals surface area contributed by atoms with Crippen LogP contribution in [0.2, 0.25) is 0 Å². The van der Waals surface area contributed by atoms with E-state index in [2.05, 4.69) is 42.0 Å². The number of hydrogen-bond acceptors (Lipinski definition) is 6. The fraction of sp³-hybridized carbons (Fsp3) is 0.615. The molecule has 1 unspecified atom stereocenters. The van der Waals surface area contributed by atoms with Crippen molar-refractivity contribution in [1.29, 1.82) is 0 Å². The molecular formula is C26H37N3O3S2. The number of nitrogens with zero attached hydrogens (tertiary/aromatic N) is 2. The van der Waals surface area contributed by atoms with E-state index in [0.29, 0.717) is 17.7 Å². The van der Waals surface area contributed by atoms with Crippen LogP contribution < -0.4 is 5.32 Å². The highest BCUT2D eigenvalue weighted by Gasteiger charge is 2.36. The molecule has 1 atom stereocenters. The summed E-state index contributed by atoms with van der Waals surface area (Å²) in [6.07, 6.45) is 6.74. The van der Waals surface area contributed by atoms with E-state index in [1.807, 2.05) is 0 Å². The molecule has 6 nitrogen and oxygen atoms in total. The molecule has 1 aliphatic carbocycles. The lowest BCUT2D eigenvalue weighted by Crippen LogP contribution is -2.32. The number of carbonyl (C=O) groups excluding carboxylic acids is 1. The highest BCUT2D eigenvalue weighted by molar-refractivity contribution is 7.91. The zero-order valence-corrected chi connectivity index (χ0v) is 22.3. The maximum Gasteiger partial charge on any atom is 0.261 e. The maximum absolute atomic E-state index is 12.9. The normalized spacial score (nSPS) is 23.3. The standard InChI is InChI=1S/C26H37N3O3S2/c1-5-34(31,32)22-11-10-21(27-14-22)13-28-26(30)23-12-20-16-29(24(17(2)3)25(20)33-23)15-19-8-6-18(4)7-9-19/h10-12,14,17-19,24H,5-9,13,15-16H2,1-4H3,(H,28,30). The van der Waals surface area contributed by atoms with Gasteiger partial charge in [0.15, 0.2) is 9.84 Å². The minimum atomic E-state index is -3.27. The van der Waals surface area contributed by atoms with Crippen LogP contribution >= 0.6 is 11.3 Å². The maximum atomic E-state index is 12.9. The third kappa shape index (κ3) is 5.55. The molecule has 1 N–H and O–H groups in total. The molecule has 1 saturated carbocycles. The molecular weight excluding hydrogens is 466 g/mol. The Morgan fingerprint density at radius 3 is 2.59 bits per heavy atom. The largest absolute Gasteiger partial charge is 0.346 e. The molecule has 1 aliphatic heterocycles. The van der Waals surface area contributed by atoms with E-state index in [4.69, 9.17) is 0 Å². The van der Waals surface area contributed by atoms with Gasteiger partial charge in [0.25, 0.3) is 5.91 Å². The van der Waals surface area contributed by atoms with E-state index in [0.717, 1.165) is 29.8 Å². The monoisotopic (exact) mass is 503 g/mol. The topological polar surface area (TPSA) is 79.4 Å². The fourth-order valence-electron chi connectivity index (χ4n) is 5.28. The van der Waals surface area contributed by atoms with Crippen molar-refractivity contribution in [3.63, 3.8) is 0 Å². The summed E-state index contributed by atoms with van der Waals surface area (Å²) in [5, 5.41) is 2.95. The molecule has 8 heteroatoms.